The molecule has 0 aliphatic heterocycles. The van der Waals surface area contributed by atoms with Crippen LogP contribution in [0.15, 0.2) is 195 Å². The number of rotatable bonds is 4. The van der Waals surface area contributed by atoms with Crippen molar-refractivity contribution in [2.24, 2.45) is 9.98 Å². The van der Waals surface area contributed by atoms with E-state index in [1.54, 1.807) is 0 Å². The van der Waals surface area contributed by atoms with Crippen LogP contribution in [0.2, 0.25) is 0 Å². The van der Waals surface area contributed by atoms with Crippen molar-refractivity contribution in [1.82, 2.24) is 0 Å². The lowest BCUT2D eigenvalue weighted by molar-refractivity contribution is 0.669. The van der Waals surface area contributed by atoms with Crippen LogP contribution in [-0.4, -0.2) is 18.6 Å². The van der Waals surface area contributed by atoms with E-state index in [9.17, 15) is 0 Å². The molecule has 0 unspecified atom stereocenters. The van der Waals surface area contributed by atoms with Crippen LogP contribution in [0.5, 0.6) is 0 Å². The minimum atomic E-state index is 0.623. The fourth-order valence-electron chi connectivity index (χ4n) is 8.43. The molecule has 55 heavy (non-hydrogen) atoms. The molecule has 4 heteroatoms. The third-order valence-corrected chi connectivity index (χ3v) is 10.9. The number of benzene rings is 9. The van der Waals surface area contributed by atoms with Crippen molar-refractivity contribution in [3.8, 4) is 11.1 Å². The summed E-state index contributed by atoms with van der Waals surface area (Å²) in [6.45, 7) is 0. The van der Waals surface area contributed by atoms with Gasteiger partial charge in [0.25, 0.3) is 0 Å². The summed E-state index contributed by atoms with van der Waals surface area (Å²) < 4.78 is 13.3. The number of nitrogens with zero attached hydrogens (tertiary/aromatic N) is 2. The summed E-state index contributed by atoms with van der Waals surface area (Å²) in [4.78, 5) is 10.4. The zero-order valence-corrected chi connectivity index (χ0v) is 30.0. The Hall–Kier alpha value is -7.30. The van der Waals surface area contributed by atoms with Gasteiger partial charge in [0.05, 0.1) is 5.71 Å². The summed E-state index contributed by atoms with van der Waals surface area (Å²) in [6, 6.07) is 61.5. The van der Waals surface area contributed by atoms with Crippen LogP contribution in [0.25, 0.3) is 87.3 Å². The number of fused-ring (bicyclic) bond motifs is 11. The van der Waals surface area contributed by atoms with Gasteiger partial charge in [-0.15, -0.1) is 0 Å². The first-order chi connectivity index (χ1) is 27.2. The van der Waals surface area contributed by atoms with Crippen molar-refractivity contribution in [3.05, 3.63) is 193 Å². The minimum Gasteiger partial charge on any atom is -0.456 e. The van der Waals surface area contributed by atoms with Crippen molar-refractivity contribution in [2.75, 3.05) is 7.05 Å². The SMILES string of the molecule is CN=C(N=C(c1ccccc1)c1ccc2ccc3ccccc3c2c1)c1cccc2oc3cccc(-c4cc5ccccc5c5oc6ccccc6c45)c3c12. The molecular weight excluding hydrogens is 673 g/mol. The highest BCUT2D eigenvalue weighted by atomic mass is 16.3. The standard InChI is InChI=1S/C51H32N2O2/c1-52-51(53-49(33-14-3-2-4-15-33)35-28-27-32-26-25-31-13-5-7-17-36(31)41(32)30-35)40-21-12-24-45-48(40)47-38(20-11-23-44(47)54-45)42-29-34-16-6-8-18-37(34)50-46(42)39-19-9-10-22-43(39)55-50/h2-30H,1H3. The second-order valence-corrected chi connectivity index (χ2v) is 14.0. The van der Waals surface area contributed by atoms with Crippen molar-refractivity contribution in [1.29, 1.82) is 0 Å². The maximum absolute atomic E-state index is 6.65. The average Bonchev–Trinajstić information content (AvgIpc) is 3.84. The van der Waals surface area contributed by atoms with E-state index in [2.05, 4.69) is 146 Å². The molecule has 2 aromatic heterocycles. The van der Waals surface area contributed by atoms with Crippen LogP contribution in [0.3, 0.4) is 0 Å². The van der Waals surface area contributed by atoms with Gasteiger partial charge in [-0.1, -0.05) is 146 Å². The number of amidine groups is 1. The van der Waals surface area contributed by atoms with Gasteiger partial charge in [0.1, 0.15) is 22.3 Å². The van der Waals surface area contributed by atoms with Crippen LogP contribution in [-0.2, 0) is 0 Å². The van der Waals surface area contributed by atoms with E-state index in [1.807, 2.05) is 37.4 Å². The first-order valence-electron chi connectivity index (χ1n) is 18.5. The van der Waals surface area contributed by atoms with Crippen LogP contribution >= 0.6 is 0 Å². The molecule has 0 amide bonds. The van der Waals surface area contributed by atoms with Crippen LogP contribution in [0.4, 0.5) is 0 Å². The molecule has 0 atom stereocenters. The topological polar surface area (TPSA) is 51.0 Å². The molecule has 0 N–H and O–H groups in total. The zero-order valence-electron chi connectivity index (χ0n) is 30.0. The average molecular weight is 705 g/mol. The molecule has 0 saturated heterocycles. The predicted octanol–water partition coefficient (Wildman–Crippen LogP) is 13.5. The smallest absolute Gasteiger partial charge is 0.155 e. The summed E-state index contributed by atoms with van der Waals surface area (Å²) in [5.41, 5.74) is 9.28. The normalized spacial score (nSPS) is 12.7. The van der Waals surface area contributed by atoms with Crippen molar-refractivity contribution >= 4 is 87.7 Å². The van der Waals surface area contributed by atoms with Gasteiger partial charge in [-0.05, 0) is 68.4 Å². The molecule has 0 saturated carbocycles. The maximum Gasteiger partial charge on any atom is 0.155 e. The van der Waals surface area contributed by atoms with Gasteiger partial charge in [0.15, 0.2) is 5.84 Å². The van der Waals surface area contributed by atoms with Crippen molar-refractivity contribution < 1.29 is 8.83 Å². The van der Waals surface area contributed by atoms with E-state index in [4.69, 9.17) is 18.8 Å². The summed E-state index contributed by atoms with van der Waals surface area (Å²) in [5.74, 6) is 0.623. The van der Waals surface area contributed by atoms with Gasteiger partial charge in [0, 0.05) is 50.7 Å². The highest BCUT2D eigenvalue weighted by Gasteiger charge is 2.22. The fourth-order valence-corrected chi connectivity index (χ4v) is 8.43. The second kappa shape index (κ2) is 12.4. The molecule has 0 fully saturated rings. The van der Waals surface area contributed by atoms with E-state index >= 15 is 0 Å². The van der Waals surface area contributed by atoms with E-state index in [1.165, 1.54) is 21.5 Å². The number of hydrogen-bond acceptors (Lipinski definition) is 3. The molecule has 2 heterocycles. The molecule has 0 aliphatic carbocycles. The Morgan fingerprint density at radius 3 is 1.91 bits per heavy atom. The van der Waals surface area contributed by atoms with Gasteiger partial charge in [0.2, 0.25) is 0 Å². The van der Waals surface area contributed by atoms with Gasteiger partial charge in [-0.2, -0.15) is 0 Å². The highest BCUT2D eigenvalue weighted by Crippen LogP contribution is 2.45. The Morgan fingerprint density at radius 1 is 0.418 bits per heavy atom. The van der Waals surface area contributed by atoms with E-state index in [0.717, 1.165) is 88.2 Å². The lowest BCUT2D eigenvalue weighted by Gasteiger charge is -2.13. The van der Waals surface area contributed by atoms with Crippen molar-refractivity contribution in [3.63, 3.8) is 0 Å². The largest absolute Gasteiger partial charge is 0.456 e. The van der Waals surface area contributed by atoms with E-state index in [-0.39, 0.29) is 0 Å². The minimum absolute atomic E-state index is 0.623. The van der Waals surface area contributed by atoms with Crippen molar-refractivity contribution in [2.45, 2.75) is 0 Å². The van der Waals surface area contributed by atoms with Gasteiger partial charge < -0.3 is 8.83 Å². The lowest BCUT2D eigenvalue weighted by atomic mass is 9.91. The molecular formula is C51H32N2O2. The summed E-state index contributed by atoms with van der Waals surface area (Å²) in [5, 5.41) is 11.2. The first-order valence-corrected chi connectivity index (χ1v) is 18.5. The van der Waals surface area contributed by atoms with Crippen LogP contribution in [0.1, 0.15) is 16.7 Å². The number of aliphatic imine (C=N–C) groups is 2. The van der Waals surface area contributed by atoms with Crippen LogP contribution < -0.4 is 0 Å². The Bertz CT molecular complexity index is 3380. The summed E-state index contributed by atoms with van der Waals surface area (Å²) >= 11 is 0. The second-order valence-electron chi connectivity index (χ2n) is 14.0. The number of para-hydroxylation sites is 1. The third-order valence-electron chi connectivity index (χ3n) is 10.9. The predicted molar refractivity (Wildman–Crippen MR) is 230 cm³/mol. The Morgan fingerprint density at radius 2 is 1.07 bits per heavy atom. The molecule has 9 aromatic carbocycles. The Labute approximate surface area is 316 Å². The highest BCUT2D eigenvalue weighted by molar-refractivity contribution is 6.29. The maximum atomic E-state index is 6.65. The molecule has 0 spiro atoms. The first kappa shape index (κ1) is 31.2. The number of hydrogen-bond donors (Lipinski definition) is 0. The van der Waals surface area contributed by atoms with E-state index < -0.39 is 0 Å². The van der Waals surface area contributed by atoms with Gasteiger partial charge in [-0.3, -0.25) is 4.99 Å². The Kier molecular flexibility index (Phi) is 7.04. The van der Waals surface area contributed by atoms with Gasteiger partial charge >= 0.3 is 0 Å². The molecule has 0 bridgehead atoms. The quantitative estimate of drug-likeness (QED) is 0.104. The molecule has 258 valence electrons. The van der Waals surface area contributed by atoms with Crippen LogP contribution in [0, 0.1) is 0 Å². The molecule has 0 aliphatic rings. The Balaban J connectivity index is 1.17. The lowest BCUT2D eigenvalue weighted by Crippen LogP contribution is -2.09. The molecule has 0 radical (unpaired) electrons. The number of furan rings is 2. The fraction of sp³-hybridized carbons (Fsp3) is 0.0196. The van der Waals surface area contributed by atoms with Gasteiger partial charge in [-0.25, -0.2) is 4.99 Å². The molecule has 4 nitrogen and oxygen atoms in total. The monoisotopic (exact) mass is 704 g/mol. The van der Waals surface area contributed by atoms with E-state index in [0.29, 0.717) is 5.84 Å². The summed E-state index contributed by atoms with van der Waals surface area (Å²) in [6.07, 6.45) is 0. The molecule has 11 aromatic rings. The summed E-state index contributed by atoms with van der Waals surface area (Å²) in [7, 11) is 1.82. The zero-order chi connectivity index (χ0) is 36.5. The third kappa shape index (κ3) is 4.92. The molecule has 11 rings (SSSR count).